The molecule has 0 amide bonds. The van der Waals surface area contributed by atoms with E-state index in [1.165, 1.54) is 5.56 Å². The summed E-state index contributed by atoms with van der Waals surface area (Å²) in [4.78, 5) is 28.3. The van der Waals surface area contributed by atoms with Crippen LogP contribution in [0.5, 0.6) is 0 Å². The van der Waals surface area contributed by atoms with Crippen molar-refractivity contribution < 1.29 is 0 Å². The number of fused-ring (bicyclic) bond motifs is 4. The van der Waals surface area contributed by atoms with E-state index in [2.05, 4.69) is 52.0 Å². The van der Waals surface area contributed by atoms with Crippen LogP contribution in [0, 0.1) is 6.92 Å². The van der Waals surface area contributed by atoms with Crippen molar-refractivity contribution in [3.05, 3.63) is 75.8 Å². The van der Waals surface area contributed by atoms with Gasteiger partial charge < -0.3 is 0 Å². The van der Waals surface area contributed by atoms with Crippen LogP contribution in [0.2, 0.25) is 0 Å². The molecule has 37 heavy (non-hydrogen) atoms. The Labute approximate surface area is 216 Å². The minimum atomic E-state index is -0.0861. The van der Waals surface area contributed by atoms with Crippen molar-refractivity contribution in [3.8, 4) is 0 Å². The van der Waals surface area contributed by atoms with Crippen LogP contribution >= 0.6 is 0 Å². The fourth-order valence-electron chi connectivity index (χ4n) is 4.68. The Hall–Kier alpha value is -3.87. The molecule has 0 aliphatic rings. The van der Waals surface area contributed by atoms with E-state index in [0.29, 0.717) is 34.6 Å². The zero-order chi connectivity index (χ0) is 26.2. The molecule has 0 aliphatic carbocycles. The van der Waals surface area contributed by atoms with Crippen LogP contribution in [0.1, 0.15) is 70.3 Å². The van der Waals surface area contributed by atoms with Gasteiger partial charge in [-0.25, -0.2) is 15.0 Å². The lowest BCUT2D eigenvalue weighted by atomic mass is 9.87. The second-order valence-corrected chi connectivity index (χ2v) is 10.7. The maximum atomic E-state index is 13.8. The van der Waals surface area contributed by atoms with Crippen molar-refractivity contribution >= 4 is 39.4 Å². The predicted octanol–water partition coefficient (Wildman–Crippen LogP) is 6.36. The summed E-state index contributed by atoms with van der Waals surface area (Å²) in [5.41, 5.74) is 5.26. The first-order valence-electron chi connectivity index (χ1n) is 13.1. The van der Waals surface area contributed by atoms with Crippen LogP contribution in [-0.4, -0.2) is 30.4 Å². The molecule has 3 aromatic heterocycles. The van der Waals surface area contributed by atoms with Crippen LogP contribution in [0.3, 0.4) is 0 Å². The second-order valence-electron chi connectivity index (χ2n) is 10.7. The Balaban J connectivity index is 1.68. The van der Waals surface area contributed by atoms with Gasteiger partial charge in [0, 0.05) is 6.54 Å². The second kappa shape index (κ2) is 9.88. The summed E-state index contributed by atoms with van der Waals surface area (Å²) >= 11 is 0. The molecule has 0 saturated heterocycles. The summed E-state index contributed by atoms with van der Waals surface area (Å²) in [5.74, 6) is 0.673. The molecule has 0 radical (unpaired) electrons. The predicted molar refractivity (Wildman–Crippen MR) is 152 cm³/mol. The van der Waals surface area contributed by atoms with E-state index < -0.39 is 0 Å². The van der Waals surface area contributed by atoms with E-state index in [1.54, 1.807) is 15.5 Å². The standard InChI is InChI=1S/C30H34N6O/c1-6-7-8-11-18-35-20(2)32-27-25(29(35)37)26-28(34-24-13-10-9-12-23(24)33-26)36(27)31-19-21-14-16-22(17-15-21)30(3,4)5/h9-10,12-17,19H,6-8,11,18H2,1-5H3/b31-19-. The lowest BCUT2D eigenvalue weighted by Crippen LogP contribution is -2.24. The molecule has 0 atom stereocenters. The Morgan fingerprint density at radius 3 is 2.27 bits per heavy atom. The molecule has 2 aromatic carbocycles. The molecule has 0 saturated carbocycles. The summed E-state index contributed by atoms with van der Waals surface area (Å²) in [5, 5.41) is 5.24. The Morgan fingerprint density at radius 2 is 1.59 bits per heavy atom. The first kappa shape index (κ1) is 24.8. The van der Waals surface area contributed by atoms with Gasteiger partial charge >= 0.3 is 0 Å². The highest BCUT2D eigenvalue weighted by atomic mass is 16.1. The average Bonchev–Trinajstić information content (AvgIpc) is 3.17. The third-order valence-electron chi connectivity index (χ3n) is 6.87. The fourth-order valence-corrected chi connectivity index (χ4v) is 4.68. The molecular weight excluding hydrogens is 460 g/mol. The number of rotatable bonds is 7. The molecule has 5 rings (SSSR count). The lowest BCUT2D eigenvalue weighted by molar-refractivity contribution is 0.556. The molecular formula is C30H34N6O. The summed E-state index contributed by atoms with van der Waals surface area (Å²) in [7, 11) is 0. The summed E-state index contributed by atoms with van der Waals surface area (Å²) < 4.78 is 3.44. The van der Waals surface area contributed by atoms with E-state index in [9.17, 15) is 4.79 Å². The number of benzene rings is 2. The minimum absolute atomic E-state index is 0.0804. The first-order chi connectivity index (χ1) is 17.8. The molecule has 0 aliphatic heterocycles. The van der Waals surface area contributed by atoms with Gasteiger partial charge in [0.05, 0.1) is 17.2 Å². The van der Waals surface area contributed by atoms with Crippen LogP contribution < -0.4 is 5.56 Å². The Morgan fingerprint density at radius 1 is 0.892 bits per heavy atom. The number of nitrogens with zero attached hydrogens (tertiary/aromatic N) is 6. The minimum Gasteiger partial charge on any atom is -0.296 e. The van der Waals surface area contributed by atoms with Crippen LogP contribution in [-0.2, 0) is 12.0 Å². The number of aromatic nitrogens is 5. The van der Waals surface area contributed by atoms with Crippen molar-refractivity contribution in [1.82, 2.24) is 24.2 Å². The molecule has 0 spiro atoms. The lowest BCUT2D eigenvalue weighted by Gasteiger charge is -2.18. The van der Waals surface area contributed by atoms with Gasteiger partial charge in [0.1, 0.15) is 16.7 Å². The highest BCUT2D eigenvalue weighted by molar-refractivity contribution is 6.05. The molecule has 190 valence electrons. The molecule has 7 nitrogen and oxygen atoms in total. The van der Waals surface area contributed by atoms with Gasteiger partial charge in [-0.3, -0.25) is 9.36 Å². The molecule has 0 bridgehead atoms. The van der Waals surface area contributed by atoms with Crippen molar-refractivity contribution in [1.29, 1.82) is 0 Å². The maximum Gasteiger partial charge on any atom is 0.265 e. The van der Waals surface area contributed by atoms with E-state index in [1.807, 2.05) is 31.2 Å². The topological polar surface area (TPSA) is 78.0 Å². The van der Waals surface area contributed by atoms with Crippen LogP contribution in [0.15, 0.2) is 58.4 Å². The van der Waals surface area contributed by atoms with Gasteiger partial charge in [0.15, 0.2) is 11.3 Å². The fraction of sp³-hybridized carbons (Fsp3) is 0.367. The number of aryl methyl sites for hydroxylation is 1. The first-order valence-corrected chi connectivity index (χ1v) is 13.1. The van der Waals surface area contributed by atoms with E-state index >= 15 is 0 Å². The van der Waals surface area contributed by atoms with E-state index in [-0.39, 0.29) is 11.0 Å². The van der Waals surface area contributed by atoms with Crippen molar-refractivity contribution in [2.24, 2.45) is 5.10 Å². The van der Waals surface area contributed by atoms with Crippen molar-refractivity contribution in [2.75, 3.05) is 0 Å². The Kier molecular flexibility index (Phi) is 6.63. The third-order valence-corrected chi connectivity index (χ3v) is 6.87. The third kappa shape index (κ3) is 4.78. The van der Waals surface area contributed by atoms with Gasteiger partial charge in [-0.15, -0.1) is 0 Å². The molecule has 7 heteroatoms. The van der Waals surface area contributed by atoms with Gasteiger partial charge in [0.2, 0.25) is 0 Å². The summed E-state index contributed by atoms with van der Waals surface area (Å²) in [6.07, 6.45) is 6.13. The molecule has 3 heterocycles. The maximum absolute atomic E-state index is 13.8. The smallest absolute Gasteiger partial charge is 0.265 e. The van der Waals surface area contributed by atoms with Gasteiger partial charge in [0.25, 0.3) is 5.56 Å². The van der Waals surface area contributed by atoms with Crippen LogP contribution in [0.4, 0.5) is 0 Å². The van der Waals surface area contributed by atoms with E-state index in [4.69, 9.17) is 20.1 Å². The summed E-state index contributed by atoms with van der Waals surface area (Å²) in [6.45, 7) is 11.3. The largest absolute Gasteiger partial charge is 0.296 e. The number of hydrogen-bond donors (Lipinski definition) is 0. The number of hydrogen-bond acceptors (Lipinski definition) is 5. The van der Waals surface area contributed by atoms with E-state index in [0.717, 1.165) is 42.3 Å². The van der Waals surface area contributed by atoms with Crippen molar-refractivity contribution in [2.45, 2.75) is 72.3 Å². The SMILES string of the molecule is CCCCCCn1c(C)nc2c(c1=O)c1nc3ccccc3nc1n2/N=C\c1ccc(C(C)(C)C)cc1. The zero-order valence-electron chi connectivity index (χ0n) is 22.3. The highest BCUT2D eigenvalue weighted by Crippen LogP contribution is 2.26. The van der Waals surface area contributed by atoms with Gasteiger partial charge in [-0.05, 0) is 42.0 Å². The molecule has 0 fully saturated rings. The zero-order valence-corrected chi connectivity index (χ0v) is 22.3. The highest BCUT2D eigenvalue weighted by Gasteiger charge is 2.21. The van der Waals surface area contributed by atoms with Crippen molar-refractivity contribution in [3.63, 3.8) is 0 Å². The quantitative estimate of drug-likeness (QED) is 0.195. The van der Waals surface area contributed by atoms with Gasteiger partial charge in [-0.2, -0.15) is 9.78 Å². The average molecular weight is 495 g/mol. The number of para-hydroxylation sites is 2. The van der Waals surface area contributed by atoms with Gasteiger partial charge in [-0.1, -0.05) is 83.4 Å². The number of unbranched alkanes of at least 4 members (excludes halogenated alkanes) is 3. The monoisotopic (exact) mass is 494 g/mol. The Bertz CT molecular complexity index is 1670. The molecule has 5 aromatic rings. The molecule has 0 unspecified atom stereocenters. The normalized spacial score (nSPS) is 12.5. The summed E-state index contributed by atoms with van der Waals surface area (Å²) in [6, 6.07) is 16.1. The van der Waals surface area contributed by atoms with Crippen LogP contribution in [0.25, 0.3) is 33.2 Å². The molecule has 0 N–H and O–H groups in total.